The minimum Gasteiger partial charge on any atom is -0.507 e. The van der Waals surface area contributed by atoms with Crippen molar-refractivity contribution in [2.45, 2.75) is 12.5 Å². The first-order valence-electron chi connectivity index (χ1n) is 12.7. The number of benzene rings is 2. The highest BCUT2D eigenvalue weighted by Gasteiger charge is 2.47. The van der Waals surface area contributed by atoms with Crippen molar-refractivity contribution in [3.8, 4) is 23.0 Å². The first-order valence-corrected chi connectivity index (χ1v) is 12.7. The number of aliphatic hydroxyl groups is 1. The number of nitrogens with zero attached hydrogens (tertiary/aromatic N) is 2. The van der Waals surface area contributed by atoms with E-state index in [4.69, 9.17) is 23.7 Å². The van der Waals surface area contributed by atoms with Crippen LogP contribution in [0.15, 0.2) is 42.0 Å². The molecule has 0 unspecified atom stereocenters. The molecule has 0 bridgehead atoms. The molecule has 3 heterocycles. The third-order valence-corrected chi connectivity index (χ3v) is 7.06. The fraction of sp³-hybridized carbons (Fsp3) is 0.429. The largest absolute Gasteiger partial charge is 0.507 e. The number of methoxy groups -OCH3 is 2. The summed E-state index contributed by atoms with van der Waals surface area (Å²) in [5.41, 5.74) is 0.897. The minimum atomic E-state index is -0.863. The highest BCUT2D eigenvalue weighted by Crippen LogP contribution is 2.44. The van der Waals surface area contributed by atoms with Crippen LogP contribution in [0.2, 0.25) is 0 Å². The van der Waals surface area contributed by atoms with E-state index in [1.165, 1.54) is 12.0 Å². The predicted molar refractivity (Wildman–Crippen MR) is 138 cm³/mol. The van der Waals surface area contributed by atoms with Crippen LogP contribution in [0.3, 0.4) is 0 Å². The number of aliphatic hydroxyl groups excluding tert-OH is 1. The van der Waals surface area contributed by atoms with Gasteiger partial charge in [-0.3, -0.25) is 14.5 Å². The molecule has 0 saturated carbocycles. The van der Waals surface area contributed by atoms with E-state index in [9.17, 15) is 14.7 Å². The molecule has 5 rings (SSSR count). The summed E-state index contributed by atoms with van der Waals surface area (Å²) in [6.07, 6.45) is 0.653. The highest BCUT2D eigenvalue weighted by atomic mass is 16.6. The zero-order valence-corrected chi connectivity index (χ0v) is 21.6. The van der Waals surface area contributed by atoms with Gasteiger partial charge in [0.1, 0.15) is 30.5 Å². The second-order valence-corrected chi connectivity index (χ2v) is 9.27. The van der Waals surface area contributed by atoms with Crippen LogP contribution >= 0.6 is 0 Å². The number of carbonyl (C=O) groups is 2. The molecule has 3 aliphatic heterocycles. The standard InChI is InChI=1S/C28H32N2O8/c1-34-19-5-7-21(35-2)20(17-19)25-24(26(31)18-4-6-22-23(16-18)38-15-14-37-22)27(32)28(33)30(25)9-3-8-29-10-12-36-13-11-29/h4-7,16-17,25,31H,3,8-15H2,1-2H3/t25-/m1/s1. The molecular weight excluding hydrogens is 492 g/mol. The number of morpholine rings is 1. The lowest BCUT2D eigenvalue weighted by atomic mass is 9.94. The van der Waals surface area contributed by atoms with Crippen LogP contribution in [0.25, 0.3) is 5.76 Å². The molecule has 10 heteroatoms. The van der Waals surface area contributed by atoms with Gasteiger partial charge in [-0.2, -0.15) is 0 Å². The molecular formula is C28H32N2O8. The molecule has 1 N–H and O–H groups in total. The quantitative estimate of drug-likeness (QED) is 0.317. The molecule has 10 nitrogen and oxygen atoms in total. The molecule has 1 atom stereocenters. The summed E-state index contributed by atoms with van der Waals surface area (Å²) in [7, 11) is 3.07. The second kappa shape index (κ2) is 11.3. The van der Waals surface area contributed by atoms with Gasteiger partial charge < -0.3 is 33.7 Å². The fourth-order valence-electron chi connectivity index (χ4n) is 5.12. The summed E-state index contributed by atoms with van der Waals surface area (Å²) < 4.78 is 27.7. The van der Waals surface area contributed by atoms with E-state index in [0.717, 1.165) is 19.6 Å². The number of Topliss-reactive ketones (excluding diaryl/α,β-unsaturated/α-hetero) is 1. The summed E-state index contributed by atoms with van der Waals surface area (Å²) in [4.78, 5) is 30.6. The Balaban J connectivity index is 1.55. The van der Waals surface area contributed by atoms with Crippen LogP contribution in [0, 0.1) is 0 Å². The first kappa shape index (κ1) is 25.9. The third kappa shape index (κ3) is 5.01. The Morgan fingerprint density at radius 2 is 1.71 bits per heavy atom. The van der Waals surface area contributed by atoms with Crippen molar-refractivity contribution in [1.29, 1.82) is 0 Å². The fourth-order valence-corrected chi connectivity index (χ4v) is 5.12. The second-order valence-electron chi connectivity index (χ2n) is 9.27. The summed E-state index contributed by atoms with van der Waals surface area (Å²) >= 11 is 0. The molecule has 38 heavy (non-hydrogen) atoms. The number of likely N-dealkylation sites (tertiary alicyclic amines) is 1. The first-order chi connectivity index (χ1) is 18.5. The van der Waals surface area contributed by atoms with E-state index in [1.807, 2.05) is 0 Å². The maximum Gasteiger partial charge on any atom is 0.295 e. The molecule has 2 aromatic carbocycles. The van der Waals surface area contributed by atoms with Crippen LogP contribution < -0.4 is 18.9 Å². The molecule has 2 saturated heterocycles. The Bertz CT molecular complexity index is 1240. The summed E-state index contributed by atoms with van der Waals surface area (Å²) in [6.45, 7) is 4.92. The predicted octanol–water partition coefficient (Wildman–Crippen LogP) is 2.62. The number of hydrogen-bond acceptors (Lipinski definition) is 9. The summed E-state index contributed by atoms with van der Waals surface area (Å²) in [6, 6.07) is 9.30. The molecule has 0 radical (unpaired) electrons. The average Bonchev–Trinajstić information content (AvgIpc) is 3.21. The highest BCUT2D eigenvalue weighted by molar-refractivity contribution is 6.46. The van der Waals surface area contributed by atoms with Gasteiger partial charge in [0.05, 0.1) is 39.0 Å². The van der Waals surface area contributed by atoms with Gasteiger partial charge in [-0.05, 0) is 42.8 Å². The number of ether oxygens (including phenoxy) is 5. The average molecular weight is 525 g/mol. The zero-order chi connectivity index (χ0) is 26.6. The molecule has 0 aliphatic carbocycles. The Morgan fingerprint density at radius 3 is 2.45 bits per heavy atom. The van der Waals surface area contributed by atoms with Crippen molar-refractivity contribution in [2.75, 3.05) is 66.8 Å². The van der Waals surface area contributed by atoms with E-state index >= 15 is 0 Å². The molecule has 2 fully saturated rings. The summed E-state index contributed by atoms with van der Waals surface area (Å²) in [5, 5.41) is 11.5. The van der Waals surface area contributed by atoms with Gasteiger partial charge in [-0.25, -0.2) is 0 Å². The van der Waals surface area contributed by atoms with E-state index in [-0.39, 0.29) is 11.3 Å². The molecule has 3 aliphatic rings. The minimum absolute atomic E-state index is 0.00963. The lowest BCUT2D eigenvalue weighted by molar-refractivity contribution is -0.140. The molecule has 1 amide bonds. The van der Waals surface area contributed by atoms with Crippen LogP contribution in [0.4, 0.5) is 0 Å². The van der Waals surface area contributed by atoms with Gasteiger partial charge in [-0.15, -0.1) is 0 Å². The van der Waals surface area contributed by atoms with Gasteiger partial charge in [-0.1, -0.05) is 0 Å². The van der Waals surface area contributed by atoms with E-state index in [1.54, 1.807) is 43.5 Å². The Kier molecular flexibility index (Phi) is 7.71. The Hall–Kier alpha value is -3.76. The number of fused-ring (bicyclic) bond motifs is 1. The van der Waals surface area contributed by atoms with E-state index in [2.05, 4.69) is 4.90 Å². The topological polar surface area (TPSA) is 107 Å². The molecule has 2 aromatic rings. The smallest absolute Gasteiger partial charge is 0.295 e. The van der Waals surface area contributed by atoms with Crippen molar-refractivity contribution >= 4 is 17.4 Å². The van der Waals surface area contributed by atoms with E-state index in [0.29, 0.717) is 73.5 Å². The lowest BCUT2D eigenvalue weighted by Crippen LogP contribution is -2.39. The molecule has 202 valence electrons. The van der Waals surface area contributed by atoms with Crippen molar-refractivity contribution in [3.05, 3.63) is 53.1 Å². The SMILES string of the molecule is COc1ccc(OC)c([C@@H]2C(=C(O)c3ccc4c(c3)OCCO4)C(=O)C(=O)N2CCCN2CCOCC2)c1. The summed E-state index contributed by atoms with van der Waals surface area (Å²) in [5.74, 6) is 0.339. The Morgan fingerprint density at radius 1 is 0.947 bits per heavy atom. The number of amides is 1. The number of ketones is 1. The van der Waals surface area contributed by atoms with Crippen molar-refractivity contribution in [3.63, 3.8) is 0 Å². The zero-order valence-electron chi connectivity index (χ0n) is 21.6. The Labute approximate surface area is 221 Å². The van der Waals surface area contributed by atoms with Gasteiger partial charge in [0, 0.05) is 37.3 Å². The van der Waals surface area contributed by atoms with Crippen LogP contribution in [-0.4, -0.2) is 93.4 Å². The number of rotatable bonds is 8. The van der Waals surface area contributed by atoms with Gasteiger partial charge >= 0.3 is 0 Å². The molecule has 0 aromatic heterocycles. The normalized spacial score (nSPS) is 21.0. The van der Waals surface area contributed by atoms with Crippen LogP contribution in [0.1, 0.15) is 23.6 Å². The van der Waals surface area contributed by atoms with Crippen molar-refractivity contribution < 1.29 is 38.4 Å². The van der Waals surface area contributed by atoms with Gasteiger partial charge in [0.25, 0.3) is 11.7 Å². The van der Waals surface area contributed by atoms with Gasteiger partial charge in [0.15, 0.2) is 11.5 Å². The number of carbonyl (C=O) groups excluding carboxylic acids is 2. The van der Waals surface area contributed by atoms with Crippen molar-refractivity contribution in [2.24, 2.45) is 0 Å². The maximum absolute atomic E-state index is 13.5. The van der Waals surface area contributed by atoms with E-state index < -0.39 is 17.7 Å². The van der Waals surface area contributed by atoms with Crippen molar-refractivity contribution in [1.82, 2.24) is 9.80 Å². The van der Waals surface area contributed by atoms with Crippen LogP contribution in [-0.2, 0) is 14.3 Å². The molecule has 0 spiro atoms. The lowest BCUT2D eigenvalue weighted by Gasteiger charge is -2.29. The third-order valence-electron chi connectivity index (χ3n) is 7.06. The number of hydrogen-bond donors (Lipinski definition) is 1. The maximum atomic E-state index is 13.5. The monoisotopic (exact) mass is 524 g/mol. The van der Waals surface area contributed by atoms with Gasteiger partial charge in [0.2, 0.25) is 0 Å². The van der Waals surface area contributed by atoms with Crippen LogP contribution in [0.5, 0.6) is 23.0 Å².